The highest BCUT2D eigenvalue weighted by Gasteiger charge is 2.19. The van der Waals surface area contributed by atoms with E-state index in [0.717, 1.165) is 10.8 Å². The molecule has 2 heteroatoms. The Morgan fingerprint density at radius 1 is 0.364 bits per heavy atom. The van der Waals surface area contributed by atoms with E-state index in [2.05, 4.69) is 133 Å². The molecule has 0 bridgehead atoms. The van der Waals surface area contributed by atoms with Crippen molar-refractivity contribution in [2.24, 2.45) is 0 Å². The van der Waals surface area contributed by atoms with Crippen LogP contribution in [0.2, 0.25) is 0 Å². The van der Waals surface area contributed by atoms with E-state index in [1.54, 1.807) is 17.4 Å². The number of halogens is 1. The lowest BCUT2D eigenvalue weighted by Crippen LogP contribution is -1.92. The predicted octanol–water partition coefficient (Wildman–Crippen LogP) is 12.7. The normalized spacial score (nSPS) is 11.8. The van der Waals surface area contributed by atoms with Gasteiger partial charge in [-0.15, -0.1) is 11.3 Å². The van der Waals surface area contributed by atoms with Crippen LogP contribution in [0.25, 0.3) is 85.9 Å². The molecule has 0 aliphatic rings. The van der Waals surface area contributed by atoms with Crippen LogP contribution in [-0.4, -0.2) is 0 Å². The lowest BCUT2D eigenvalue weighted by molar-refractivity contribution is 0.630. The van der Waals surface area contributed by atoms with Crippen LogP contribution in [-0.2, 0) is 0 Å². The number of benzene rings is 8. The Labute approximate surface area is 258 Å². The summed E-state index contributed by atoms with van der Waals surface area (Å²) in [5, 5.41) is 9.31. The average molecular weight is 581 g/mol. The van der Waals surface area contributed by atoms with E-state index in [1.807, 2.05) is 6.07 Å². The first kappa shape index (κ1) is 25.2. The van der Waals surface area contributed by atoms with Gasteiger partial charge in [-0.1, -0.05) is 115 Å². The first-order chi connectivity index (χ1) is 21.7. The molecule has 0 radical (unpaired) electrons. The van der Waals surface area contributed by atoms with Crippen molar-refractivity contribution in [3.63, 3.8) is 0 Å². The van der Waals surface area contributed by atoms with Crippen LogP contribution in [0.4, 0.5) is 4.39 Å². The summed E-state index contributed by atoms with van der Waals surface area (Å²) in [7, 11) is 0. The fourth-order valence-corrected chi connectivity index (χ4v) is 8.06. The summed E-state index contributed by atoms with van der Waals surface area (Å²) in [6.07, 6.45) is 0. The zero-order valence-electron chi connectivity index (χ0n) is 23.7. The Balaban J connectivity index is 1.35. The number of rotatable bonds is 3. The van der Waals surface area contributed by atoms with Gasteiger partial charge in [0.05, 0.1) is 0 Å². The van der Waals surface area contributed by atoms with Gasteiger partial charge in [-0.25, -0.2) is 4.39 Å². The van der Waals surface area contributed by atoms with Crippen LogP contribution in [0.5, 0.6) is 0 Å². The van der Waals surface area contributed by atoms with Crippen molar-refractivity contribution < 1.29 is 4.39 Å². The molecule has 0 N–H and O–H groups in total. The van der Waals surface area contributed by atoms with Crippen molar-refractivity contribution in [1.82, 2.24) is 0 Å². The van der Waals surface area contributed by atoms with Crippen LogP contribution < -0.4 is 0 Å². The van der Waals surface area contributed by atoms with Crippen molar-refractivity contribution in [2.75, 3.05) is 0 Å². The molecule has 206 valence electrons. The van der Waals surface area contributed by atoms with Gasteiger partial charge in [0.15, 0.2) is 0 Å². The Bertz CT molecular complexity index is 2500. The van der Waals surface area contributed by atoms with E-state index in [4.69, 9.17) is 0 Å². The molecule has 0 unspecified atom stereocenters. The molecule has 0 amide bonds. The van der Waals surface area contributed by atoms with Gasteiger partial charge in [-0.05, 0) is 102 Å². The fourth-order valence-electron chi connectivity index (χ4n) is 6.95. The van der Waals surface area contributed by atoms with E-state index in [9.17, 15) is 4.39 Å². The standard InChI is InChI=1S/C42H25FS/c43-30-20-18-27-25-40-38(24-29(27)22-30)37-23-28(19-21-39(37)44-40)41-33-14-6-8-16-35(33)42(36-17-9-7-15-34(36)41)32-13-5-4-12-31(32)26-10-2-1-3-11-26/h1-25H. The highest BCUT2D eigenvalue weighted by Crippen LogP contribution is 2.47. The van der Waals surface area contributed by atoms with Crippen LogP contribution in [0.1, 0.15) is 0 Å². The summed E-state index contributed by atoms with van der Waals surface area (Å²) in [5.74, 6) is -0.205. The van der Waals surface area contributed by atoms with Gasteiger partial charge in [-0.2, -0.15) is 0 Å². The maximum Gasteiger partial charge on any atom is 0.123 e. The molecule has 0 saturated carbocycles. The van der Waals surface area contributed by atoms with Gasteiger partial charge < -0.3 is 0 Å². The molecular weight excluding hydrogens is 556 g/mol. The smallest absolute Gasteiger partial charge is 0.123 e. The summed E-state index contributed by atoms with van der Waals surface area (Å²) in [4.78, 5) is 0. The van der Waals surface area contributed by atoms with Crippen molar-refractivity contribution in [2.45, 2.75) is 0 Å². The molecule has 0 fully saturated rings. The molecule has 9 aromatic rings. The minimum atomic E-state index is -0.205. The van der Waals surface area contributed by atoms with Crippen molar-refractivity contribution in [3.8, 4) is 33.4 Å². The largest absolute Gasteiger partial charge is 0.207 e. The molecule has 0 atom stereocenters. The van der Waals surface area contributed by atoms with Crippen molar-refractivity contribution in [1.29, 1.82) is 0 Å². The Kier molecular flexibility index (Phi) is 5.66. The molecular formula is C42H25FS. The topological polar surface area (TPSA) is 0 Å². The summed E-state index contributed by atoms with van der Waals surface area (Å²) >= 11 is 1.80. The summed E-state index contributed by atoms with van der Waals surface area (Å²) in [6, 6.07) is 53.3. The molecule has 8 aromatic carbocycles. The Hall–Kier alpha value is -5.31. The highest BCUT2D eigenvalue weighted by molar-refractivity contribution is 7.25. The number of hydrogen-bond acceptors (Lipinski definition) is 1. The highest BCUT2D eigenvalue weighted by atomic mass is 32.1. The van der Waals surface area contributed by atoms with E-state index in [-0.39, 0.29) is 5.82 Å². The van der Waals surface area contributed by atoms with E-state index >= 15 is 0 Å². The third-order valence-electron chi connectivity index (χ3n) is 8.89. The quantitative estimate of drug-likeness (QED) is 0.182. The average Bonchev–Trinajstić information content (AvgIpc) is 3.43. The third-order valence-corrected chi connectivity index (χ3v) is 10.0. The number of thiophene rings is 1. The fraction of sp³-hybridized carbons (Fsp3) is 0. The molecule has 1 heterocycles. The van der Waals surface area contributed by atoms with E-state index < -0.39 is 0 Å². The zero-order chi connectivity index (χ0) is 29.2. The molecule has 1 aromatic heterocycles. The second kappa shape index (κ2) is 9.87. The van der Waals surface area contributed by atoms with E-state index in [0.29, 0.717) is 0 Å². The van der Waals surface area contributed by atoms with Gasteiger partial charge in [0.1, 0.15) is 5.82 Å². The lowest BCUT2D eigenvalue weighted by Gasteiger charge is -2.19. The maximum atomic E-state index is 14.1. The molecule has 0 nitrogen and oxygen atoms in total. The first-order valence-electron chi connectivity index (χ1n) is 14.9. The van der Waals surface area contributed by atoms with Gasteiger partial charge in [0.2, 0.25) is 0 Å². The van der Waals surface area contributed by atoms with Crippen molar-refractivity contribution in [3.05, 3.63) is 157 Å². The summed E-state index contributed by atoms with van der Waals surface area (Å²) < 4.78 is 16.6. The molecule has 9 rings (SSSR count). The Morgan fingerprint density at radius 3 is 1.70 bits per heavy atom. The van der Waals surface area contributed by atoms with Crippen LogP contribution in [0.3, 0.4) is 0 Å². The molecule has 44 heavy (non-hydrogen) atoms. The third kappa shape index (κ3) is 3.88. The molecule has 0 aliphatic carbocycles. The minimum absolute atomic E-state index is 0.205. The van der Waals surface area contributed by atoms with E-state index in [1.165, 1.54) is 81.2 Å². The zero-order valence-corrected chi connectivity index (χ0v) is 24.5. The van der Waals surface area contributed by atoms with Crippen molar-refractivity contribution >= 4 is 63.8 Å². The predicted molar refractivity (Wildman–Crippen MR) is 188 cm³/mol. The lowest BCUT2D eigenvalue weighted by atomic mass is 9.83. The van der Waals surface area contributed by atoms with Crippen LogP contribution in [0, 0.1) is 5.82 Å². The summed E-state index contributed by atoms with van der Waals surface area (Å²) in [5.41, 5.74) is 7.36. The molecule has 0 aliphatic heterocycles. The second-order valence-corrected chi connectivity index (χ2v) is 12.5. The van der Waals surface area contributed by atoms with Gasteiger partial charge in [0, 0.05) is 20.2 Å². The van der Waals surface area contributed by atoms with Gasteiger partial charge in [-0.3, -0.25) is 0 Å². The van der Waals surface area contributed by atoms with Crippen LogP contribution >= 0.6 is 11.3 Å². The van der Waals surface area contributed by atoms with Gasteiger partial charge >= 0.3 is 0 Å². The first-order valence-corrected chi connectivity index (χ1v) is 15.7. The molecule has 0 spiro atoms. The molecule has 0 saturated heterocycles. The second-order valence-electron chi connectivity index (χ2n) is 11.4. The maximum absolute atomic E-state index is 14.1. The number of hydrogen-bond donors (Lipinski definition) is 0. The minimum Gasteiger partial charge on any atom is -0.207 e. The SMILES string of the molecule is Fc1ccc2cc3sc4ccc(-c5c6ccccc6c(-c6ccccc6-c6ccccc6)c6ccccc56)cc4c3cc2c1. The monoisotopic (exact) mass is 580 g/mol. The van der Waals surface area contributed by atoms with Gasteiger partial charge in [0.25, 0.3) is 0 Å². The summed E-state index contributed by atoms with van der Waals surface area (Å²) in [6.45, 7) is 0. The van der Waals surface area contributed by atoms with Crippen LogP contribution in [0.15, 0.2) is 152 Å². The Morgan fingerprint density at radius 2 is 0.977 bits per heavy atom. The number of fused-ring (bicyclic) bond motifs is 6.